The van der Waals surface area contributed by atoms with E-state index < -0.39 is 0 Å². The Bertz CT molecular complexity index is 404. The molecule has 0 amide bonds. The molecule has 1 saturated heterocycles. The molecule has 1 aliphatic rings. The molecule has 1 aromatic heterocycles. The molecule has 114 valence electrons. The van der Waals surface area contributed by atoms with Crippen molar-refractivity contribution in [2.75, 3.05) is 33.7 Å². The van der Waals surface area contributed by atoms with Gasteiger partial charge in [-0.05, 0) is 39.4 Å². The smallest absolute Gasteiger partial charge is 0.0522 e. The van der Waals surface area contributed by atoms with Gasteiger partial charge in [-0.3, -0.25) is 16.0 Å². The first-order chi connectivity index (χ1) is 9.62. The molecule has 20 heavy (non-hydrogen) atoms. The summed E-state index contributed by atoms with van der Waals surface area (Å²) in [5.41, 5.74) is 4.23. The lowest BCUT2D eigenvalue weighted by atomic mass is 9.99. The molecule has 2 rings (SSSR count). The fourth-order valence-electron chi connectivity index (χ4n) is 2.86. The van der Waals surface area contributed by atoms with Gasteiger partial charge in [0, 0.05) is 44.5 Å². The third-order valence-electron chi connectivity index (χ3n) is 4.27. The van der Waals surface area contributed by atoms with Gasteiger partial charge in [0.05, 0.1) is 6.20 Å². The molecule has 2 atom stereocenters. The Morgan fingerprint density at radius 3 is 2.90 bits per heavy atom. The normalized spacial score (nSPS) is 23.1. The molecule has 0 spiro atoms. The molecule has 0 bridgehead atoms. The Morgan fingerprint density at radius 1 is 1.45 bits per heavy atom. The Kier molecular flexibility index (Phi) is 5.54. The Labute approximate surface area is 121 Å². The molecule has 0 radical (unpaired) electrons. The number of nitrogens with one attached hydrogen (secondary N) is 1. The van der Waals surface area contributed by atoms with Gasteiger partial charge >= 0.3 is 0 Å². The van der Waals surface area contributed by atoms with Crippen LogP contribution in [-0.4, -0.2) is 65.4 Å². The lowest BCUT2D eigenvalue weighted by Crippen LogP contribution is -2.53. The topological polar surface area (TPSA) is 62.3 Å². The predicted molar refractivity (Wildman–Crippen MR) is 81.2 cm³/mol. The lowest BCUT2D eigenvalue weighted by molar-refractivity contribution is 0.101. The predicted octanol–water partition coefficient (Wildman–Crippen LogP) is -0.0867. The average Bonchev–Trinajstić information content (AvgIpc) is 2.89. The number of hydrogen-bond acceptors (Lipinski definition) is 5. The summed E-state index contributed by atoms with van der Waals surface area (Å²) in [6.07, 6.45) is 6.06. The Balaban J connectivity index is 1.90. The number of rotatable bonds is 6. The summed E-state index contributed by atoms with van der Waals surface area (Å²) in [7, 11) is 4.40. The minimum atomic E-state index is 0.295. The first kappa shape index (κ1) is 15.4. The van der Waals surface area contributed by atoms with Gasteiger partial charge in [-0.1, -0.05) is 0 Å². The van der Waals surface area contributed by atoms with Crippen molar-refractivity contribution in [2.45, 2.75) is 38.4 Å². The summed E-state index contributed by atoms with van der Waals surface area (Å²) in [5.74, 6) is 5.75. The first-order valence-electron chi connectivity index (χ1n) is 7.48. The second kappa shape index (κ2) is 7.17. The molecule has 1 aromatic rings. The second-order valence-electron chi connectivity index (χ2n) is 5.90. The van der Waals surface area contributed by atoms with Gasteiger partial charge in [-0.15, -0.1) is 0 Å². The number of nitrogens with zero attached hydrogens (tertiary/aromatic N) is 4. The molecule has 0 aliphatic carbocycles. The number of hydrogen-bond donors (Lipinski definition) is 2. The Hall–Kier alpha value is -0.950. The molecule has 1 fully saturated rings. The maximum absolute atomic E-state index is 5.75. The highest BCUT2D eigenvalue weighted by molar-refractivity contribution is 5.06. The summed E-state index contributed by atoms with van der Waals surface area (Å²) in [6, 6.07) is 0.861. The number of aromatic nitrogens is 2. The monoisotopic (exact) mass is 280 g/mol. The van der Waals surface area contributed by atoms with Crippen molar-refractivity contribution in [3.63, 3.8) is 0 Å². The van der Waals surface area contributed by atoms with E-state index in [-0.39, 0.29) is 0 Å². The third-order valence-corrected chi connectivity index (χ3v) is 4.27. The molecule has 0 aromatic carbocycles. The van der Waals surface area contributed by atoms with Crippen LogP contribution in [0, 0.1) is 0 Å². The van der Waals surface area contributed by atoms with Gasteiger partial charge in [-0.2, -0.15) is 5.10 Å². The van der Waals surface area contributed by atoms with E-state index in [0.29, 0.717) is 12.1 Å². The quantitative estimate of drug-likeness (QED) is 0.563. The van der Waals surface area contributed by atoms with Crippen LogP contribution in [0.1, 0.15) is 18.9 Å². The second-order valence-corrected chi connectivity index (χ2v) is 5.90. The molecule has 0 saturated carbocycles. The summed E-state index contributed by atoms with van der Waals surface area (Å²) in [6.45, 7) is 6.41. The first-order valence-corrected chi connectivity index (χ1v) is 7.48. The summed E-state index contributed by atoms with van der Waals surface area (Å²) in [4.78, 5) is 4.84. The maximum atomic E-state index is 5.75. The number of likely N-dealkylation sites (N-methyl/N-ethyl adjacent to an activating group) is 2. The summed E-state index contributed by atoms with van der Waals surface area (Å²) < 4.78 is 1.96. The lowest BCUT2D eigenvalue weighted by Gasteiger charge is -2.39. The van der Waals surface area contributed by atoms with E-state index in [2.05, 4.69) is 47.5 Å². The molecule has 6 heteroatoms. The number of hydrazine groups is 1. The standard InChI is InChI=1S/C14H28N6/c1-4-20-10-12(9-16-20)7-13(17-15)8-14-11-18(2)5-6-19(14)3/h9-10,13-14,17H,4-8,11,15H2,1-3H3. The van der Waals surface area contributed by atoms with Gasteiger partial charge < -0.3 is 9.80 Å². The van der Waals surface area contributed by atoms with Gasteiger partial charge in [-0.25, -0.2) is 0 Å². The van der Waals surface area contributed by atoms with Crippen molar-refractivity contribution in [3.05, 3.63) is 18.0 Å². The van der Waals surface area contributed by atoms with E-state index in [1.54, 1.807) is 0 Å². The molecular formula is C14H28N6. The highest BCUT2D eigenvalue weighted by Gasteiger charge is 2.25. The molecular weight excluding hydrogens is 252 g/mol. The zero-order valence-electron chi connectivity index (χ0n) is 12.9. The average molecular weight is 280 g/mol. The zero-order valence-corrected chi connectivity index (χ0v) is 12.9. The molecule has 3 N–H and O–H groups in total. The van der Waals surface area contributed by atoms with Crippen molar-refractivity contribution in [1.82, 2.24) is 25.0 Å². The van der Waals surface area contributed by atoms with Gasteiger partial charge in [0.25, 0.3) is 0 Å². The van der Waals surface area contributed by atoms with Gasteiger partial charge in [0.15, 0.2) is 0 Å². The van der Waals surface area contributed by atoms with E-state index in [1.165, 1.54) is 5.56 Å². The molecule has 6 nitrogen and oxygen atoms in total. The SMILES string of the molecule is CCn1cc(CC(CC2CN(C)CCN2C)NN)cn1. The van der Waals surface area contributed by atoms with Crippen LogP contribution in [0.25, 0.3) is 0 Å². The summed E-state index contributed by atoms with van der Waals surface area (Å²) in [5, 5.41) is 4.33. The fraction of sp³-hybridized carbons (Fsp3) is 0.786. The highest BCUT2D eigenvalue weighted by Crippen LogP contribution is 2.14. The zero-order chi connectivity index (χ0) is 14.5. The van der Waals surface area contributed by atoms with Crippen molar-refractivity contribution in [2.24, 2.45) is 5.84 Å². The minimum Gasteiger partial charge on any atom is -0.304 e. The number of aryl methyl sites for hydroxylation is 1. The van der Waals surface area contributed by atoms with Crippen LogP contribution in [-0.2, 0) is 13.0 Å². The molecule has 2 heterocycles. The van der Waals surface area contributed by atoms with Crippen LogP contribution in [0.4, 0.5) is 0 Å². The van der Waals surface area contributed by atoms with Crippen LogP contribution in [0.5, 0.6) is 0 Å². The van der Waals surface area contributed by atoms with Crippen LogP contribution < -0.4 is 11.3 Å². The van der Waals surface area contributed by atoms with Crippen LogP contribution in [0.15, 0.2) is 12.4 Å². The maximum Gasteiger partial charge on any atom is 0.0522 e. The number of nitrogens with two attached hydrogens (primary N) is 1. The Morgan fingerprint density at radius 2 is 2.25 bits per heavy atom. The fourth-order valence-corrected chi connectivity index (χ4v) is 2.86. The van der Waals surface area contributed by atoms with Crippen molar-refractivity contribution in [1.29, 1.82) is 0 Å². The van der Waals surface area contributed by atoms with E-state index in [4.69, 9.17) is 5.84 Å². The van der Waals surface area contributed by atoms with E-state index in [0.717, 1.165) is 39.0 Å². The number of piperazine rings is 1. The van der Waals surface area contributed by atoms with Crippen LogP contribution in [0.2, 0.25) is 0 Å². The van der Waals surface area contributed by atoms with Crippen LogP contribution >= 0.6 is 0 Å². The van der Waals surface area contributed by atoms with E-state index in [9.17, 15) is 0 Å². The third kappa shape index (κ3) is 4.02. The van der Waals surface area contributed by atoms with E-state index in [1.807, 2.05) is 10.9 Å². The van der Waals surface area contributed by atoms with Gasteiger partial charge in [0.1, 0.15) is 0 Å². The van der Waals surface area contributed by atoms with Crippen molar-refractivity contribution < 1.29 is 0 Å². The van der Waals surface area contributed by atoms with Crippen molar-refractivity contribution in [3.8, 4) is 0 Å². The highest BCUT2D eigenvalue weighted by atomic mass is 15.3. The summed E-state index contributed by atoms with van der Waals surface area (Å²) >= 11 is 0. The largest absolute Gasteiger partial charge is 0.304 e. The molecule has 2 unspecified atom stereocenters. The van der Waals surface area contributed by atoms with E-state index >= 15 is 0 Å². The minimum absolute atomic E-state index is 0.295. The van der Waals surface area contributed by atoms with Crippen molar-refractivity contribution >= 4 is 0 Å². The van der Waals surface area contributed by atoms with Crippen LogP contribution in [0.3, 0.4) is 0 Å². The van der Waals surface area contributed by atoms with Gasteiger partial charge in [0.2, 0.25) is 0 Å². The molecule has 1 aliphatic heterocycles.